The molecule has 1 N–H and O–H groups in total. The van der Waals surface area contributed by atoms with Crippen molar-refractivity contribution in [3.63, 3.8) is 0 Å². The van der Waals surface area contributed by atoms with Crippen LogP contribution in [-0.4, -0.2) is 34.3 Å². The second kappa shape index (κ2) is 11.0. The Morgan fingerprint density at radius 2 is 1.68 bits per heavy atom. The van der Waals surface area contributed by atoms with Crippen LogP contribution >= 0.6 is 0 Å². The predicted molar refractivity (Wildman–Crippen MR) is 129 cm³/mol. The number of halogens is 1. The van der Waals surface area contributed by atoms with Crippen LogP contribution < -0.4 is 19.1 Å². The van der Waals surface area contributed by atoms with Crippen molar-refractivity contribution in [2.45, 2.75) is 19.5 Å². The lowest BCUT2D eigenvalue weighted by molar-refractivity contribution is -0.123. The quantitative estimate of drug-likeness (QED) is 0.467. The van der Waals surface area contributed by atoms with Crippen molar-refractivity contribution in [2.75, 3.05) is 24.3 Å². The minimum absolute atomic E-state index is 0.0581. The van der Waals surface area contributed by atoms with Gasteiger partial charge in [-0.05, 0) is 55.0 Å². The third kappa shape index (κ3) is 6.71. The molecule has 9 heteroatoms. The Balaban J connectivity index is 1.61. The summed E-state index contributed by atoms with van der Waals surface area (Å²) in [6.45, 7) is 1.71. The first-order valence-electron chi connectivity index (χ1n) is 10.5. The van der Waals surface area contributed by atoms with Crippen molar-refractivity contribution in [1.82, 2.24) is 5.32 Å². The maximum atomic E-state index is 13.2. The van der Waals surface area contributed by atoms with Gasteiger partial charge in [0.25, 0.3) is 5.91 Å². The van der Waals surface area contributed by atoms with Gasteiger partial charge in [0.2, 0.25) is 10.0 Å². The van der Waals surface area contributed by atoms with Crippen LogP contribution in [0.4, 0.5) is 10.1 Å². The Kier molecular flexibility index (Phi) is 8.12. The van der Waals surface area contributed by atoms with Crippen LogP contribution in [0.15, 0.2) is 72.8 Å². The molecule has 0 aromatic heterocycles. The van der Waals surface area contributed by atoms with Crippen LogP contribution in [0.5, 0.6) is 11.5 Å². The number of ether oxygens (including phenoxy) is 2. The molecule has 7 nitrogen and oxygen atoms in total. The van der Waals surface area contributed by atoms with E-state index in [1.165, 1.54) is 28.6 Å². The normalized spacial score (nSPS) is 12.0. The van der Waals surface area contributed by atoms with Gasteiger partial charge < -0.3 is 14.8 Å². The van der Waals surface area contributed by atoms with E-state index >= 15 is 0 Å². The molecule has 1 unspecified atom stereocenters. The Morgan fingerprint density at radius 1 is 1.03 bits per heavy atom. The van der Waals surface area contributed by atoms with Crippen molar-refractivity contribution in [3.05, 3.63) is 89.7 Å². The molecule has 0 fully saturated rings. The Labute approximate surface area is 199 Å². The number of methoxy groups -OCH3 is 1. The molecule has 1 amide bonds. The van der Waals surface area contributed by atoms with Gasteiger partial charge in [-0.25, -0.2) is 12.8 Å². The van der Waals surface area contributed by atoms with Crippen LogP contribution in [0.1, 0.15) is 24.1 Å². The van der Waals surface area contributed by atoms with E-state index in [2.05, 4.69) is 5.32 Å². The van der Waals surface area contributed by atoms with Gasteiger partial charge in [0.05, 0.1) is 31.6 Å². The average molecular weight is 487 g/mol. The van der Waals surface area contributed by atoms with E-state index in [9.17, 15) is 17.6 Å². The van der Waals surface area contributed by atoms with Gasteiger partial charge in [0.1, 0.15) is 17.3 Å². The van der Waals surface area contributed by atoms with Gasteiger partial charge in [-0.2, -0.15) is 0 Å². The van der Waals surface area contributed by atoms with Crippen molar-refractivity contribution in [2.24, 2.45) is 0 Å². The Hall–Kier alpha value is -3.59. The van der Waals surface area contributed by atoms with Crippen molar-refractivity contribution < 1.29 is 27.1 Å². The first-order chi connectivity index (χ1) is 16.2. The summed E-state index contributed by atoms with van der Waals surface area (Å²) < 4.78 is 49.9. The summed E-state index contributed by atoms with van der Waals surface area (Å²) in [4.78, 5) is 12.3. The lowest BCUT2D eigenvalue weighted by Gasteiger charge is -2.23. The number of carbonyl (C=O) groups is 1. The number of rotatable bonds is 10. The minimum Gasteiger partial charge on any atom is -0.496 e. The zero-order valence-corrected chi connectivity index (χ0v) is 20.0. The third-order valence-corrected chi connectivity index (χ3v) is 6.26. The number of nitrogens with one attached hydrogen (secondary N) is 1. The third-order valence-electron chi connectivity index (χ3n) is 5.12. The van der Waals surface area contributed by atoms with Gasteiger partial charge >= 0.3 is 0 Å². The molecular formula is C25H27FN2O5S. The summed E-state index contributed by atoms with van der Waals surface area (Å²) in [6, 6.07) is 19.2. The number of anilines is 1. The molecule has 0 aliphatic heterocycles. The van der Waals surface area contributed by atoms with Crippen molar-refractivity contribution in [1.29, 1.82) is 0 Å². The number of nitrogens with zero attached hydrogens (tertiary/aromatic N) is 1. The molecule has 3 aromatic rings. The number of amides is 1. The summed E-state index contributed by atoms with van der Waals surface area (Å²) in [5.74, 6) is 0.399. The fraction of sp³-hybridized carbons (Fsp3) is 0.240. The fourth-order valence-electron chi connectivity index (χ4n) is 3.40. The molecule has 0 aliphatic rings. The Bertz CT molecular complexity index is 1210. The van der Waals surface area contributed by atoms with E-state index in [4.69, 9.17) is 9.47 Å². The van der Waals surface area contributed by atoms with E-state index in [1.807, 2.05) is 31.2 Å². The highest BCUT2D eigenvalue weighted by molar-refractivity contribution is 7.92. The molecule has 0 heterocycles. The Morgan fingerprint density at radius 3 is 2.29 bits per heavy atom. The number of benzene rings is 3. The van der Waals surface area contributed by atoms with E-state index < -0.39 is 15.8 Å². The topological polar surface area (TPSA) is 84.9 Å². The minimum atomic E-state index is -3.59. The predicted octanol–water partition coefficient (Wildman–Crippen LogP) is 4.06. The standard InChI is InChI=1S/C25H27FN2O5S/c1-18(23-6-4-5-7-24(23)32-2)27-25(29)17-33-22-14-12-21(13-15-22)28(34(3,30)31)16-19-8-10-20(26)11-9-19/h4-15,18H,16-17H2,1-3H3,(H,27,29). The zero-order chi connectivity index (χ0) is 24.7. The highest BCUT2D eigenvalue weighted by atomic mass is 32.2. The molecule has 0 bridgehead atoms. The van der Waals surface area contributed by atoms with Crippen LogP contribution in [-0.2, 0) is 21.4 Å². The zero-order valence-electron chi connectivity index (χ0n) is 19.2. The fourth-order valence-corrected chi connectivity index (χ4v) is 4.29. The lowest BCUT2D eigenvalue weighted by atomic mass is 10.1. The van der Waals surface area contributed by atoms with E-state index in [0.717, 1.165) is 11.8 Å². The summed E-state index contributed by atoms with van der Waals surface area (Å²) in [7, 11) is -2.01. The van der Waals surface area contributed by atoms with Crippen LogP contribution in [0.3, 0.4) is 0 Å². The second-order valence-electron chi connectivity index (χ2n) is 7.71. The van der Waals surface area contributed by atoms with Crippen molar-refractivity contribution in [3.8, 4) is 11.5 Å². The van der Waals surface area contributed by atoms with Gasteiger partial charge in [-0.1, -0.05) is 30.3 Å². The highest BCUT2D eigenvalue weighted by Crippen LogP contribution is 2.25. The SMILES string of the molecule is COc1ccccc1C(C)NC(=O)COc1ccc(N(Cc2ccc(F)cc2)S(C)(=O)=O)cc1. The number of sulfonamides is 1. The van der Waals surface area contributed by atoms with Crippen LogP contribution in [0, 0.1) is 5.82 Å². The molecule has 0 spiro atoms. The number of carbonyl (C=O) groups excluding carboxylic acids is 1. The maximum Gasteiger partial charge on any atom is 0.258 e. The molecule has 0 aliphatic carbocycles. The molecule has 34 heavy (non-hydrogen) atoms. The maximum absolute atomic E-state index is 13.2. The first-order valence-corrected chi connectivity index (χ1v) is 12.4. The number of para-hydroxylation sites is 1. The summed E-state index contributed by atoms with van der Waals surface area (Å²) in [5, 5.41) is 2.86. The summed E-state index contributed by atoms with van der Waals surface area (Å²) in [6.07, 6.45) is 1.11. The van der Waals surface area contributed by atoms with Gasteiger partial charge in [0.15, 0.2) is 6.61 Å². The number of hydrogen-bond donors (Lipinski definition) is 1. The molecular weight excluding hydrogens is 459 g/mol. The number of hydrogen-bond acceptors (Lipinski definition) is 5. The van der Waals surface area contributed by atoms with Crippen LogP contribution in [0.2, 0.25) is 0 Å². The van der Waals surface area contributed by atoms with E-state index in [1.54, 1.807) is 31.4 Å². The van der Waals surface area contributed by atoms with Crippen molar-refractivity contribution >= 4 is 21.6 Å². The molecule has 3 aromatic carbocycles. The molecule has 0 radical (unpaired) electrons. The smallest absolute Gasteiger partial charge is 0.258 e. The monoisotopic (exact) mass is 486 g/mol. The van der Waals surface area contributed by atoms with Gasteiger partial charge in [-0.3, -0.25) is 9.10 Å². The average Bonchev–Trinajstić information content (AvgIpc) is 2.82. The first kappa shape index (κ1) is 25.0. The van der Waals surface area contributed by atoms with Gasteiger partial charge in [-0.15, -0.1) is 0 Å². The van der Waals surface area contributed by atoms with Gasteiger partial charge in [0, 0.05) is 5.56 Å². The largest absolute Gasteiger partial charge is 0.496 e. The summed E-state index contributed by atoms with van der Waals surface area (Å²) in [5.41, 5.74) is 1.92. The molecule has 0 saturated heterocycles. The molecule has 0 saturated carbocycles. The van der Waals surface area contributed by atoms with E-state index in [-0.39, 0.29) is 25.1 Å². The summed E-state index contributed by atoms with van der Waals surface area (Å²) >= 11 is 0. The van der Waals surface area contributed by atoms with E-state index in [0.29, 0.717) is 22.7 Å². The lowest BCUT2D eigenvalue weighted by Crippen LogP contribution is -2.31. The molecule has 180 valence electrons. The second-order valence-corrected chi connectivity index (χ2v) is 9.62. The molecule has 1 atom stereocenters. The highest BCUT2D eigenvalue weighted by Gasteiger charge is 2.18. The van der Waals surface area contributed by atoms with Crippen LogP contribution in [0.25, 0.3) is 0 Å². The molecule has 3 rings (SSSR count).